The molecule has 2 rings (SSSR count). The minimum atomic E-state index is -3.86. The van der Waals surface area contributed by atoms with Gasteiger partial charge in [0.1, 0.15) is 5.69 Å². The van der Waals surface area contributed by atoms with E-state index in [1.54, 1.807) is 24.0 Å². The zero-order chi connectivity index (χ0) is 11.9. The van der Waals surface area contributed by atoms with E-state index in [-0.39, 0.29) is 5.16 Å². The topological polar surface area (TPSA) is 109 Å². The second-order valence-corrected chi connectivity index (χ2v) is 4.74. The summed E-state index contributed by atoms with van der Waals surface area (Å²) in [5, 5.41) is 16.1. The molecule has 0 amide bonds. The Morgan fingerprint density at radius 1 is 1.31 bits per heavy atom. The third-order valence-electron chi connectivity index (χ3n) is 2.03. The van der Waals surface area contributed by atoms with Crippen molar-refractivity contribution in [3.63, 3.8) is 0 Å². The van der Waals surface area contributed by atoms with E-state index in [4.69, 9.17) is 5.14 Å². The first-order valence-corrected chi connectivity index (χ1v) is 5.86. The number of rotatable bonds is 2. The fourth-order valence-corrected chi connectivity index (χ4v) is 1.94. The fraction of sp³-hybridized carbons (Fsp3) is 0.286. The average Bonchev–Trinajstić information content (AvgIpc) is 2.70. The molecule has 0 unspecified atom stereocenters. The van der Waals surface area contributed by atoms with Crippen LogP contribution in [0.5, 0.6) is 0 Å². The maximum Gasteiger partial charge on any atom is 0.273 e. The number of aromatic nitrogens is 5. The largest absolute Gasteiger partial charge is 0.299 e. The van der Waals surface area contributed by atoms with Gasteiger partial charge in [0, 0.05) is 20.3 Å². The van der Waals surface area contributed by atoms with Gasteiger partial charge in [-0.15, -0.1) is 10.2 Å². The molecular formula is C7H10N6O2S. The van der Waals surface area contributed by atoms with E-state index in [1.165, 1.54) is 11.6 Å². The Balaban J connectivity index is 2.58. The predicted molar refractivity (Wildman–Crippen MR) is 54.6 cm³/mol. The number of hydrogen-bond acceptors (Lipinski definition) is 5. The van der Waals surface area contributed by atoms with E-state index in [9.17, 15) is 8.42 Å². The molecule has 16 heavy (non-hydrogen) atoms. The van der Waals surface area contributed by atoms with Gasteiger partial charge in [-0.3, -0.25) is 9.25 Å². The van der Waals surface area contributed by atoms with Crippen molar-refractivity contribution in [1.29, 1.82) is 0 Å². The second kappa shape index (κ2) is 3.39. The molecule has 0 saturated carbocycles. The molecule has 86 valence electrons. The number of sulfonamides is 1. The first-order chi connectivity index (χ1) is 7.39. The van der Waals surface area contributed by atoms with Crippen molar-refractivity contribution in [2.75, 3.05) is 0 Å². The Morgan fingerprint density at radius 2 is 2.00 bits per heavy atom. The molecule has 0 aliphatic rings. The summed E-state index contributed by atoms with van der Waals surface area (Å²) in [7, 11) is -0.591. The normalized spacial score (nSPS) is 11.9. The summed E-state index contributed by atoms with van der Waals surface area (Å²) in [5.41, 5.74) is 0.535. The summed E-state index contributed by atoms with van der Waals surface area (Å²) in [6, 6.07) is 1.71. The van der Waals surface area contributed by atoms with Crippen LogP contribution in [-0.2, 0) is 24.1 Å². The molecule has 0 saturated heterocycles. The Labute approximate surface area is 91.8 Å². The van der Waals surface area contributed by atoms with Crippen molar-refractivity contribution in [3.05, 3.63) is 12.3 Å². The molecule has 2 aromatic heterocycles. The molecule has 2 heterocycles. The van der Waals surface area contributed by atoms with Crippen LogP contribution in [0.2, 0.25) is 0 Å². The lowest BCUT2D eigenvalue weighted by atomic mass is 10.4. The highest BCUT2D eigenvalue weighted by Gasteiger charge is 2.20. The Kier molecular flexibility index (Phi) is 2.28. The van der Waals surface area contributed by atoms with Crippen LogP contribution in [0.25, 0.3) is 11.5 Å². The zero-order valence-corrected chi connectivity index (χ0v) is 9.51. The summed E-state index contributed by atoms with van der Waals surface area (Å²) in [6.07, 6.45) is 1.72. The van der Waals surface area contributed by atoms with E-state index < -0.39 is 10.0 Å². The van der Waals surface area contributed by atoms with Crippen molar-refractivity contribution >= 4 is 10.0 Å². The van der Waals surface area contributed by atoms with E-state index in [0.29, 0.717) is 11.5 Å². The molecule has 0 aromatic carbocycles. The van der Waals surface area contributed by atoms with E-state index >= 15 is 0 Å². The first-order valence-electron chi connectivity index (χ1n) is 4.32. The highest BCUT2D eigenvalue weighted by molar-refractivity contribution is 7.89. The highest BCUT2D eigenvalue weighted by Crippen LogP contribution is 2.15. The minimum absolute atomic E-state index is 0.284. The molecule has 0 bridgehead atoms. The summed E-state index contributed by atoms with van der Waals surface area (Å²) in [6.45, 7) is 0. The highest BCUT2D eigenvalue weighted by atomic mass is 32.2. The lowest BCUT2D eigenvalue weighted by Gasteiger charge is -1.99. The van der Waals surface area contributed by atoms with Gasteiger partial charge in [-0.1, -0.05) is 0 Å². The molecule has 0 atom stereocenters. The number of aryl methyl sites for hydroxylation is 1. The standard InChI is InChI=1S/C7H10N6O2S/c1-12-4-3-5(11-12)6-9-10-7(13(6)2)16(8,14)15/h3-4H,1-2H3,(H2,8,14,15). The van der Waals surface area contributed by atoms with E-state index in [0.717, 1.165) is 0 Å². The van der Waals surface area contributed by atoms with Gasteiger partial charge < -0.3 is 0 Å². The summed E-state index contributed by atoms with van der Waals surface area (Å²) in [4.78, 5) is 0. The van der Waals surface area contributed by atoms with Gasteiger partial charge in [0.15, 0.2) is 5.82 Å². The van der Waals surface area contributed by atoms with Gasteiger partial charge in [0.2, 0.25) is 0 Å². The molecule has 9 heteroatoms. The average molecular weight is 242 g/mol. The van der Waals surface area contributed by atoms with E-state index in [2.05, 4.69) is 15.3 Å². The van der Waals surface area contributed by atoms with Gasteiger partial charge >= 0.3 is 0 Å². The molecule has 0 fully saturated rings. The molecule has 0 radical (unpaired) electrons. The summed E-state index contributed by atoms with van der Waals surface area (Å²) in [5.74, 6) is 0.352. The number of nitrogens with two attached hydrogens (primary N) is 1. The van der Waals surface area contributed by atoms with Crippen LogP contribution >= 0.6 is 0 Å². The van der Waals surface area contributed by atoms with Crippen LogP contribution in [0.4, 0.5) is 0 Å². The Hall–Kier alpha value is -1.74. The van der Waals surface area contributed by atoms with Crippen LogP contribution in [0.3, 0.4) is 0 Å². The van der Waals surface area contributed by atoms with Crippen molar-refractivity contribution in [2.24, 2.45) is 19.2 Å². The third-order valence-corrected chi connectivity index (χ3v) is 2.90. The van der Waals surface area contributed by atoms with Crippen molar-refractivity contribution in [3.8, 4) is 11.5 Å². The number of hydrogen-bond donors (Lipinski definition) is 1. The van der Waals surface area contributed by atoms with Gasteiger partial charge in [-0.05, 0) is 6.07 Å². The fourth-order valence-electron chi connectivity index (χ4n) is 1.32. The van der Waals surface area contributed by atoms with Crippen LogP contribution in [0.1, 0.15) is 0 Å². The van der Waals surface area contributed by atoms with Gasteiger partial charge in [0.05, 0.1) is 0 Å². The van der Waals surface area contributed by atoms with Crippen LogP contribution in [-0.4, -0.2) is 33.0 Å². The van der Waals surface area contributed by atoms with Crippen LogP contribution < -0.4 is 5.14 Å². The maximum atomic E-state index is 11.1. The summed E-state index contributed by atoms with van der Waals surface area (Å²) >= 11 is 0. The first kappa shape index (κ1) is 10.8. The lowest BCUT2D eigenvalue weighted by molar-refractivity contribution is 0.580. The summed E-state index contributed by atoms with van der Waals surface area (Å²) < 4.78 is 25.1. The quantitative estimate of drug-likeness (QED) is 0.716. The minimum Gasteiger partial charge on any atom is -0.299 e. The van der Waals surface area contributed by atoms with Crippen molar-refractivity contribution < 1.29 is 8.42 Å². The van der Waals surface area contributed by atoms with Crippen LogP contribution in [0, 0.1) is 0 Å². The predicted octanol–water partition coefficient (Wildman–Crippen LogP) is -1.14. The SMILES string of the molecule is Cn1ccc(-c2nnc(S(N)(=O)=O)n2C)n1. The molecule has 2 N–H and O–H groups in total. The Bertz CT molecular complexity index is 625. The lowest BCUT2D eigenvalue weighted by Crippen LogP contribution is -2.17. The monoisotopic (exact) mass is 242 g/mol. The number of primary sulfonamides is 1. The number of nitrogens with zero attached hydrogens (tertiary/aromatic N) is 5. The van der Waals surface area contributed by atoms with Crippen molar-refractivity contribution in [2.45, 2.75) is 5.16 Å². The van der Waals surface area contributed by atoms with Gasteiger partial charge in [-0.25, -0.2) is 13.6 Å². The third kappa shape index (κ3) is 1.70. The molecule has 2 aromatic rings. The van der Waals surface area contributed by atoms with Crippen LogP contribution in [0.15, 0.2) is 17.4 Å². The smallest absolute Gasteiger partial charge is 0.273 e. The van der Waals surface area contributed by atoms with Gasteiger partial charge in [0.25, 0.3) is 15.2 Å². The molecule has 8 nitrogen and oxygen atoms in total. The maximum absolute atomic E-state index is 11.1. The van der Waals surface area contributed by atoms with E-state index in [1.807, 2.05) is 0 Å². The molecule has 0 aliphatic heterocycles. The zero-order valence-electron chi connectivity index (χ0n) is 8.69. The Morgan fingerprint density at radius 3 is 2.44 bits per heavy atom. The molecule has 0 aliphatic carbocycles. The van der Waals surface area contributed by atoms with Crippen molar-refractivity contribution in [1.82, 2.24) is 24.5 Å². The molecular weight excluding hydrogens is 232 g/mol. The molecule has 0 spiro atoms. The van der Waals surface area contributed by atoms with Gasteiger partial charge in [-0.2, -0.15) is 5.10 Å². The second-order valence-electron chi connectivity index (χ2n) is 3.28.